The number of hydrogen-bond donors (Lipinski definition) is 1. The standard InChI is InChI=1S/C5H6FN3O/c1-10-3-2-4(6)8-9-5(3)7/h2H,1H3,(H2,7,9). The highest BCUT2D eigenvalue weighted by molar-refractivity contribution is 5.43. The molecule has 0 amide bonds. The van der Waals surface area contributed by atoms with E-state index in [1.54, 1.807) is 0 Å². The van der Waals surface area contributed by atoms with E-state index in [1.807, 2.05) is 0 Å². The van der Waals surface area contributed by atoms with Crippen LogP contribution in [0.1, 0.15) is 0 Å². The van der Waals surface area contributed by atoms with Crippen molar-refractivity contribution in [3.05, 3.63) is 12.0 Å². The Morgan fingerprint density at radius 3 is 2.80 bits per heavy atom. The highest BCUT2D eigenvalue weighted by Crippen LogP contribution is 2.15. The van der Waals surface area contributed by atoms with Gasteiger partial charge in [0.25, 0.3) is 0 Å². The summed E-state index contributed by atoms with van der Waals surface area (Å²) < 4.78 is 16.9. The summed E-state index contributed by atoms with van der Waals surface area (Å²) in [7, 11) is 1.38. The van der Waals surface area contributed by atoms with Crippen molar-refractivity contribution in [3.8, 4) is 5.75 Å². The van der Waals surface area contributed by atoms with Crippen LogP contribution in [0.15, 0.2) is 6.07 Å². The van der Waals surface area contributed by atoms with Crippen LogP contribution < -0.4 is 10.5 Å². The molecule has 4 nitrogen and oxygen atoms in total. The lowest BCUT2D eigenvalue weighted by Crippen LogP contribution is -1.99. The van der Waals surface area contributed by atoms with Crippen molar-refractivity contribution in [3.63, 3.8) is 0 Å². The van der Waals surface area contributed by atoms with Crippen LogP contribution in [-0.4, -0.2) is 17.3 Å². The lowest BCUT2D eigenvalue weighted by atomic mass is 10.5. The van der Waals surface area contributed by atoms with Gasteiger partial charge in [-0.05, 0) is 0 Å². The quantitative estimate of drug-likeness (QED) is 0.610. The summed E-state index contributed by atoms with van der Waals surface area (Å²) >= 11 is 0. The zero-order valence-corrected chi connectivity index (χ0v) is 5.34. The highest BCUT2D eigenvalue weighted by atomic mass is 19.1. The molecule has 10 heavy (non-hydrogen) atoms. The predicted molar refractivity (Wildman–Crippen MR) is 33.0 cm³/mol. The summed E-state index contributed by atoms with van der Waals surface area (Å²) in [5.74, 6) is -0.414. The Hall–Kier alpha value is -1.39. The van der Waals surface area contributed by atoms with E-state index in [0.29, 0.717) is 0 Å². The molecule has 0 aliphatic rings. The van der Waals surface area contributed by atoms with Gasteiger partial charge in [-0.2, -0.15) is 4.39 Å². The molecule has 1 aromatic rings. The zero-order valence-electron chi connectivity index (χ0n) is 5.34. The van der Waals surface area contributed by atoms with Crippen molar-refractivity contribution < 1.29 is 9.13 Å². The maximum Gasteiger partial charge on any atom is 0.237 e. The minimum absolute atomic E-state index is 0.0869. The van der Waals surface area contributed by atoms with Gasteiger partial charge in [0.1, 0.15) is 0 Å². The van der Waals surface area contributed by atoms with Gasteiger partial charge >= 0.3 is 0 Å². The first kappa shape index (κ1) is 6.73. The van der Waals surface area contributed by atoms with Crippen LogP contribution >= 0.6 is 0 Å². The van der Waals surface area contributed by atoms with Crippen molar-refractivity contribution >= 4 is 5.82 Å². The van der Waals surface area contributed by atoms with Gasteiger partial charge in [-0.1, -0.05) is 0 Å². The summed E-state index contributed by atoms with van der Waals surface area (Å²) in [4.78, 5) is 0. The molecule has 1 aromatic heterocycles. The Kier molecular flexibility index (Phi) is 1.66. The monoisotopic (exact) mass is 143 g/mol. The van der Waals surface area contributed by atoms with Gasteiger partial charge in [-0.3, -0.25) is 0 Å². The number of ether oxygens (including phenoxy) is 1. The van der Waals surface area contributed by atoms with Gasteiger partial charge in [0.15, 0.2) is 11.6 Å². The van der Waals surface area contributed by atoms with Gasteiger partial charge < -0.3 is 10.5 Å². The minimum Gasteiger partial charge on any atom is -0.493 e. The summed E-state index contributed by atoms with van der Waals surface area (Å²) in [5, 5.41) is 6.34. The molecule has 0 aromatic carbocycles. The average Bonchev–Trinajstić information content (AvgIpc) is 1.94. The maximum atomic E-state index is 12.2. The summed E-state index contributed by atoms with van der Waals surface area (Å²) in [6, 6.07) is 1.07. The summed E-state index contributed by atoms with van der Waals surface area (Å²) in [6.45, 7) is 0. The fraction of sp³-hybridized carbons (Fsp3) is 0.200. The predicted octanol–water partition coefficient (Wildman–Crippen LogP) is 0.207. The smallest absolute Gasteiger partial charge is 0.237 e. The number of hydrogen-bond acceptors (Lipinski definition) is 4. The third kappa shape index (κ3) is 1.12. The van der Waals surface area contributed by atoms with Crippen LogP contribution in [0, 0.1) is 5.95 Å². The van der Waals surface area contributed by atoms with E-state index in [0.717, 1.165) is 6.07 Å². The normalized spacial score (nSPS) is 9.40. The maximum absolute atomic E-state index is 12.2. The summed E-state index contributed by atoms with van der Waals surface area (Å²) in [5.41, 5.74) is 5.23. The SMILES string of the molecule is COc1cc(F)nnc1N. The van der Waals surface area contributed by atoms with Gasteiger partial charge in [0.05, 0.1) is 7.11 Å². The number of methoxy groups -OCH3 is 1. The molecule has 1 rings (SSSR count). The van der Waals surface area contributed by atoms with Crippen molar-refractivity contribution in [2.75, 3.05) is 12.8 Å². The number of rotatable bonds is 1. The molecule has 54 valence electrons. The molecule has 0 aliphatic heterocycles. The van der Waals surface area contributed by atoms with Crippen LogP contribution in [-0.2, 0) is 0 Å². The molecule has 0 bridgehead atoms. The van der Waals surface area contributed by atoms with Crippen LogP contribution in [0.4, 0.5) is 10.2 Å². The topological polar surface area (TPSA) is 61.0 Å². The second-order valence-electron chi connectivity index (χ2n) is 1.62. The van der Waals surface area contributed by atoms with Crippen LogP contribution in [0.25, 0.3) is 0 Å². The Labute approximate surface area is 56.8 Å². The zero-order chi connectivity index (χ0) is 7.56. The number of nitrogens with zero attached hydrogens (tertiary/aromatic N) is 2. The van der Waals surface area contributed by atoms with E-state index in [4.69, 9.17) is 5.73 Å². The molecule has 0 atom stereocenters. The molecular weight excluding hydrogens is 137 g/mol. The highest BCUT2D eigenvalue weighted by Gasteiger charge is 2.01. The fourth-order valence-electron chi connectivity index (χ4n) is 0.525. The number of nitrogen functional groups attached to an aromatic ring is 1. The molecule has 2 N–H and O–H groups in total. The molecule has 1 heterocycles. The molecule has 0 saturated heterocycles. The number of nitrogens with two attached hydrogens (primary N) is 1. The Balaban J connectivity index is 3.09. The third-order valence-corrected chi connectivity index (χ3v) is 0.976. The number of anilines is 1. The molecule has 0 saturated carbocycles. The van der Waals surface area contributed by atoms with Crippen LogP contribution in [0.2, 0.25) is 0 Å². The van der Waals surface area contributed by atoms with Crippen molar-refractivity contribution in [2.45, 2.75) is 0 Å². The van der Waals surface area contributed by atoms with E-state index in [-0.39, 0.29) is 11.6 Å². The number of aromatic nitrogens is 2. The van der Waals surface area contributed by atoms with Crippen molar-refractivity contribution in [2.24, 2.45) is 0 Å². The minimum atomic E-state index is -0.703. The van der Waals surface area contributed by atoms with E-state index in [9.17, 15) is 4.39 Å². The first-order valence-electron chi connectivity index (χ1n) is 2.56. The first-order valence-corrected chi connectivity index (χ1v) is 2.56. The lowest BCUT2D eigenvalue weighted by Gasteiger charge is -1.99. The molecule has 0 fully saturated rings. The largest absolute Gasteiger partial charge is 0.493 e. The second kappa shape index (κ2) is 2.47. The van der Waals surface area contributed by atoms with Crippen LogP contribution in [0.3, 0.4) is 0 Å². The second-order valence-corrected chi connectivity index (χ2v) is 1.62. The van der Waals surface area contributed by atoms with E-state index in [2.05, 4.69) is 14.9 Å². The van der Waals surface area contributed by atoms with E-state index in [1.165, 1.54) is 7.11 Å². The Morgan fingerprint density at radius 1 is 1.60 bits per heavy atom. The molecule has 5 heteroatoms. The van der Waals surface area contributed by atoms with Gasteiger partial charge in [0.2, 0.25) is 5.95 Å². The average molecular weight is 143 g/mol. The van der Waals surface area contributed by atoms with Crippen molar-refractivity contribution in [1.29, 1.82) is 0 Å². The molecule has 0 radical (unpaired) electrons. The Bertz CT molecular complexity index is 240. The molecular formula is C5H6FN3O. The van der Waals surface area contributed by atoms with E-state index >= 15 is 0 Å². The Morgan fingerprint density at radius 2 is 2.30 bits per heavy atom. The summed E-state index contributed by atoms with van der Waals surface area (Å²) in [6.07, 6.45) is 0. The third-order valence-electron chi connectivity index (χ3n) is 0.976. The molecule has 0 unspecified atom stereocenters. The van der Waals surface area contributed by atoms with Gasteiger partial charge in [-0.25, -0.2) is 0 Å². The molecule has 0 spiro atoms. The van der Waals surface area contributed by atoms with Gasteiger partial charge in [-0.15, -0.1) is 10.2 Å². The lowest BCUT2D eigenvalue weighted by molar-refractivity contribution is 0.407. The van der Waals surface area contributed by atoms with Crippen molar-refractivity contribution in [1.82, 2.24) is 10.2 Å². The fourth-order valence-corrected chi connectivity index (χ4v) is 0.525. The first-order chi connectivity index (χ1) is 4.74. The number of halogens is 1. The van der Waals surface area contributed by atoms with Crippen LogP contribution in [0.5, 0.6) is 5.75 Å². The van der Waals surface area contributed by atoms with Gasteiger partial charge in [0, 0.05) is 6.07 Å². The molecule has 0 aliphatic carbocycles. The van der Waals surface area contributed by atoms with E-state index < -0.39 is 5.95 Å².